The fourth-order valence-electron chi connectivity index (χ4n) is 2.14. The van der Waals surface area contributed by atoms with Gasteiger partial charge in [0.25, 0.3) is 0 Å². The number of hydrogen-bond donors (Lipinski definition) is 1. The lowest BCUT2D eigenvalue weighted by Gasteiger charge is -2.08. The maximum absolute atomic E-state index is 13.7. The van der Waals surface area contributed by atoms with Gasteiger partial charge < -0.3 is 5.32 Å². The molecule has 1 aliphatic carbocycles. The van der Waals surface area contributed by atoms with Gasteiger partial charge in [-0.25, -0.2) is 13.2 Å². The molecule has 0 saturated heterocycles. The Balaban J connectivity index is 1.89. The molecule has 2 aromatic rings. The van der Waals surface area contributed by atoms with E-state index in [2.05, 4.69) is 5.32 Å². The van der Waals surface area contributed by atoms with Crippen LogP contribution in [0.25, 0.3) is 11.1 Å². The van der Waals surface area contributed by atoms with Crippen molar-refractivity contribution < 1.29 is 13.2 Å². The molecule has 0 amide bonds. The summed E-state index contributed by atoms with van der Waals surface area (Å²) in [5, 5.41) is 3.36. The third-order valence-corrected chi connectivity index (χ3v) is 3.42. The summed E-state index contributed by atoms with van der Waals surface area (Å²) in [6.07, 6.45) is 2.38. The molecule has 0 radical (unpaired) electrons. The van der Waals surface area contributed by atoms with Gasteiger partial charge in [-0.2, -0.15) is 0 Å². The number of halogens is 3. The van der Waals surface area contributed by atoms with E-state index in [-0.39, 0.29) is 5.56 Å². The molecule has 0 atom stereocenters. The highest BCUT2D eigenvalue weighted by atomic mass is 19.2. The molecular formula is C16H14F3N. The van der Waals surface area contributed by atoms with Crippen molar-refractivity contribution in [3.63, 3.8) is 0 Å². The first-order valence-corrected chi connectivity index (χ1v) is 6.61. The van der Waals surface area contributed by atoms with Gasteiger partial charge in [-0.05, 0) is 36.1 Å². The van der Waals surface area contributed by atoms with Gasteiger partial charge in [0.15, 0.2) is 11.6 Å². The Kier molecular flexibility index (Phi) is 3.49. The summed E-state index contributed by atoms with van der Waals surface area (Å²) in [4.78, 5) is 0. The Morgan fingerprint density at radius 2 is 1.70 bits per heavy atom. The third kappa shape index (κ3) is 2.85. The van der Waals surface area contributed by atoms with Crippen molar-refractivity contribution in [3.05, 3.63) is 59.4 Å². The molecule has 20 heavy (non-hydrogen) atoms. The minimum Gasteiger partial charge on any atom is -0.310 e. The van der Waals surface area contributed by atoms with Crippen LogP contribution in [0.2, 0.25) is 0 Å². The Morgan fingerprint density at radius 1 is 0.950 bits per heavy atom. The maximum atomic E-state index is 13.7. The summed E-state index contributed by atoms with van der Waals surface area (Å²) in [5.41, 5.74) is 1.63. The lowest BCUT2D eigenvalue weighted by molar-refractivity contribution is 0.496. The van der Waals surface area contributed by atoms with Crippen molar-refractivity contribution in [2.75, 3.05) is 0 Å². The molecule has 1 saturated carbocycles. The largest absolute Gasteiger partial charge is 0.310 e. The lowest BCUT2D eigenvalue weighted by atomic mass is 10.0. The monoisotopic (exact) mass is 277 g/mol. The molecule has 0 bridgehead atoms. The van der Waals surface area contributed by atoms with Crippen LogP contribution in [0.3, 0.4) is 0 Å². The summed E-state index contributed by atoms with van der Waals surface area (Å²) < 4.78 is 39.9. The lowest BCUT2D eigenvalue weighted by Crippen LogP contribution is -2.15. The van der Waals surface area contributed by atoms with E-state index in [0.717, 1.165) is 11.6 Å². The second kappa shape index (κ2) is 5.29. The van der Waals surface area contributed by atoms with Crippen molar-refractivity contribution in [1.82, 2.24) is 5.32 Å². The third-order valence-electron chi connectivity index (χ3n) is 3.42. The first kappa shape index (κ1) is 13.2. The molecule has 0 unspecified atom stereocenters. The van der Waals surface area contributed by atoms with Crippen LogP contribution >= 0.6 is 0 Å². The molecule has 1 N–H and O–H groups in total. The quantitative estimate of drug-likeness (QED) is 0.832. The topological polar surface area (TPSA) is 12.0 Å². The smallest absolute Gasteiger partial charge is 0.161 e. The van der Waals surface area contributed by atoms with Crippen LogP contribution in [-0.2, 0) is 6.54 Å². The molecule has 0 aromatic heterocycles. The molecule has 1 fully saturated rings. The molecule has 4 heteroatoms. The average molecular weight is 277 g/mol. The molecule has 0 heterocycles. The van der Waals surface area contributed by atoms with Gasteiger partial charge in [0.1, 0.15) is 5.82 Å². The summed E-state index contributed by atoms with van der Waals surface area (Å²) in [5.74, 6) is -2.96. The highest BCUT2D eigenvalue weighted by molar-refractivity contribution is 5.65. The van der Waals surface area contributed by atoms with E-state index in [1.54, 1.807) is 18.2 Å². The van der Waals surface area contributed by atoms with E-state index < -0.39 is 17.5 Å². The standard InChI is InChI=1S/C16H14F3N/c17-14-8-16(19)15(18)7-13(14)11-3-1-2-10(6-11)9-20-12-4-5-12/h1-3,6-8,12,20H,4-5,9H2. The highest BCUT2D eigenvalue weighted by Crippen LogP contribution is 2.26. The fourth-order valence-corrected chi connectivity index (χ4v) is 2.14. The van der Waals surface area contributed by atoms with Crippen LogP contribution < -0.4 is 5.32 Å². The molecule has 1 aliphatic rings. The fraction of sp³-hybridized carbons (Fsp3) is 0.250. The summed E-state index contributed by atoms with van der Waals surface area (Å²) in [7, 11) is 0. The summed E-state index contributed by atoms with van der Waals surface area (Å²) in [6, 6.07) is 9.27. The summed E-state index contributed by atoms with van der Waals surface area (Å²) >= 11 is 0. The predicted molar refractivity (Wildman–Crippen MR) is 71.6 cm³/mol. The zero-order valence-corrected chi connectivity index (χ0v) is 10.8. The van der Waals surface area contributed by atoms with Crippen LogP contribution in [0.4, 0.5) is 13.2 Å². The van der Waals surface area contributed by atoms with Crippen molar-refractivity contribution in [3.8, 4) is 11.1 Å². The van der Waals surface area contributed by atoms with Gasteiger partial charge in [0.05, 0.1) is 0 Å². The number of rotatable bonds is 4. The molecule has 1 nitrogen and oxygen atoms in total. The Labute approximate surface area is 115 Å². The van der Waals surface area contributed by atoms with E-state index in [0.29, 0.717) is 24.2 Å². The first-order valence-electron chi connectivity index (χ1n) is 6.61. The van der Waals surface area contributed by atoms with Gasteiger partial charge in [0, 0.05) is 24.2 Å². The summed E-state index contributed by atoms with van der Waals surface area (Å²) in [6.45, 7) is 0.698. The number of benzene rings is 2. The van der Waals surface area contributed by atoms with Gasteiger partial charge in [0.2, 0.25) is 0 Å². The van der Waals surface area contributed by atoms with Crippen LogP contribution in [0.1, 0.15) is 18.4 Å². The Bertz CT molecular complexity index is 636. The second-order valence-corrected chi connectivity index (χ2v) is 5.10. The van der Waals surface area contributed by atoms with Crippen LogP contribution in [0.15, 0.2) is 36.4 Å². The molecule has 3 rings (SSSR count). The maximum Gasteiger partial charge on any atom is 0.161 e. The van der Waals surface area contributed by atoms with Gasteiger partial charge in [-0.1, -0.05) is 18.2 Å². The minimum atomic E-state index is -1.17. The average Bonchev–Trinajstić information content (AvgIpc) is 3.25. The zero-order valence-electron chi connectivity index (χ0n) is 10.8. The van der Waals surface area contributed by atoms with E-state index in [9.17, 15) is 13.2 Å². The van der Waals surface area contributed by atoms with Crippen molar-refractivity contribution >= 4 is 0 Å². The molecular weight excluding hydrogens is 263 g/mol. The van der Waals surface area contributed by atoms with E-state index in [4.69, 9.17) is 0 Å². The normalized spacial score (nSPS) is 14.6. The van der Waals surface area contributed by atoms with Gasteiger partial charge >= 0.3 is 0 Å². The van der Waals surface area contributed by atoms with E-state index >= 15 is 0 Å². The van der Waals surface area contributed by atoms with Crippen LogP contribution in [0, 0.1) is 17.5 Å². The Morgan fingerprint density at radius 3 is 2.45 bits per heavy atom. The first-order chi connectivity index (χ1) is 9.63. The highest BCUT2D eigenvalue weighted by Gasteiger charge is 2.20. The number of nitrogens with one attached hydrogen (secondary N) is 1. The molecule has 0 spiro atoms. The number of hydrogen-bond acceptors (Lipinski definition) is 1. The SMILES string of the molecule is Fc1cc(F)c(-c2cccc(CNC3CC3)c2)cc1F. The van der Waals surface area contributed by atoms with Crippen molar-refractivity contribution in [2.24, 2.45) is 0 Å². The Hall–Kier alpha value is -1.81. The molecule has 0 aliphatic heterocycles. The molecule has 104 valence electrons. The molecule has 2 aromatic carbocycles. The second-order valence-electron chi connectivity index (χ2n) is 5.10. The van der Waals surface area contributed by atoms with E-state index in [1.165, 1.54) is 12.8 Å². The van der Waals surface area contributed by atoms with Crippen molar-refractivity contribution in [1.29, 1.82) is 0 Å². The zero-order chi connectivity index (χ0) is 14.1. The predicted octanol–water partition coefficient (Wildman–Crippen LogP) is 4.02. The van der Waals surface area contributed by atoms with E-state index in [1.807, 2.05) is 6.07 Å². The van der Waals surface area contributed by atoms with Gasteiger partial charge in [-0.15, -0.1) is 0 Å². The van der Waals surface area contributed by atoms with Crippen LogP contribution in [-0.4, -0.2) is 6.04 Å². The van der Waals surface area contributed by atoms with Gasteiger partial charge in [-0.3, -0.25) is 0 Å². The minimum absolute atomic E-state index is 0.0807. The van der Waals surface area contributed by atoms with Crippen LogP contribution in [0.5, 0.6) is 0 Å². The van der Waals surface area contributed by atoms with Crippen molar-refractivity contribution in [2.45, 2.75) is 25.4 Å².